The number of alkyl halides is 3. The predicted octanol–water partition coefficient (Wildman–Crippen LogP) is 5.27. The maximum atomic E-state index is 13.1. The van der Waals surface area contributed by atoms with E-state index in [1.807, 2.05) is 6.07 Å². The monoisotopic (exact) mass is 471 g/mol. The number of nitrogens with one attached hydrogen (secondary N) is 1. The molecule has 6 nitrogen and oxygen atoms in total. The van der Waals surface area contributed by atoms with Gasteiger partial charge in [0.1, 0.15) is 28.9 Å². The van der Waals surface area contributed by atoms with E-state index in [2.05, 4.69) is 17.9 Å². The highest BCUT2D eigenvalue weighted by Gasteiger charge is 2.36. The predicted molar refractivity (Wildman–Crippen MR) is 117 cm³/mol. The van der Waals surface area contributed by atoms with Crippen molar-refractivity contribution in [3.05, 3.63) is 82.6 Å². The number of nitriles is 1. The fourth-order valence-corrected chi connectivity index (χ4v) is 3.80. The van der Waals surface area contributed by atoms with E-state index in [9.17, 15) is 23.2 Å². The highest BCUT2D eigenvalue weighted by molar-refractivity contribution is 7.84. The molecule has 2 heterocycles. The molecule has 1 amide bonds. The summed E-state index contributed by atoms with van der Waals surface area (Å²) < 4.78 is 50.3. The number of carbonyl (C=O) groups excluding carboxylic acids is 1. The Hall–Kier alpha value is -3.84. The number of thiol groups is 1. The minimum absolute atomic E-state index is 0.105. The average Bonchev–Trinajstić information content (AvgIpc) is 3.29. The van der Waals surface area contributed by atoms with Crippen LogP contribution in [0.15, 0.2) is 75.7 Å². The Balaban J connectivity index is 1.76. The number of ether oxygens (including phenoxy) is 1. The summed E-state index contributed by atoms with van der Waals surface area (Å²) >= 11 is 4.41. The van der Waals surface area contributed by atoms with E-state index in [0.29, 0.717) is 11.4 Å². The van der Waals surface area contributed by atoms with Crippen LogP contribution in [0.5, 0.6) is 5.75 Å². The molecule has 33 heavy (non-hydrogen) atoms. The van der Waals surface area contributed by atoms with E-state index >= 15 is 0 Å². The number of anilines is 1. The van der Waals surface area contributed by atoms with Crippen molar-refractivity contribution >= 4 is 24.2 Å². The first kappa shape index (κ1) is 22.4. The van der Waals surface area contributed by atoms with Crippen molar-refractivity contribution < 1.29 is 27.1 Å². The Morgan fingerprint density at radius 2 is 1.88 bits per heavy atom. The van der Waals surface area contributed by atoms with Gasteiger partial charge in [0.2, 0.25) is 0 Å². The Labute approximate surface area is 192 Å². The lowest BCUT2D eigenvalue weighted by atomic mass is 10.1. The molecule has 3 aromatic rings. The molecular formula is C23H16F3N3O3S. The summed E-state index contributed by atoms with van der Waals surface area (Å²) in [6.45, 7) is 0. The largest absolute Gasteiger partial charge is 0.497 e. The molecule has 0 bridgehead atoms. The first-order valence-corrected chi connectivity index (χ1v) is 10.0. The smallest absolute Gasteiger partial charge is 0.416 e. The summed E-state index contributed by atoms with van der Waals surface area (Å²) in [5.74, 6) is 0.395. The van der Waals surface area contributed by atoms with Gasteiger partial charge in [-0.05, 0) is 48.5 Å². The number of amides is 1. The van der Waals surface area contributed by atoms with Gasteiger partial charge in [0, 0.05) is 11.3 Å². The Kier molecular flexibility index (Phi) is 5.82. The second-order valence-corrected chi connectivity index (χ2v) is 7.46. The van der Waals surface area contributed by atoms with Gasteiger partial charge in [-0.1, -0.05) is 12.1 Å². The fraction of sp³-hybridized carbons (Fsp3) is 0.130. The van der Waals surface area contributed by atoms with Gasteiger partial charge in [-0.2, -0.15) is 18.4 Å². The van der Waals surface area contributed by atoms with Crippen molar-refractivity contribution in [2.24, 2.45) is 0 Å². The van der Waals surface area contributed by atoms with E-state index in [1.165, 1.54) is 25.3 Å². The summed E-state index contributed by atoms with van der Waals surface area (Å²) in [6.07, 6.45) is -5.39. The van der Waals surface area contributed by atoms with Gasteiger partial charge in [-0.15, -0.1) is 12.6 Å². The fourth-order valence-electron chi connectivity index (χ4n) is 3.42. The van der Waals surface area contributed by atoms with Crippen molar-refractivity contribution in [1.29, 1.82) is 5.26 Å². The van der Waals surface area contributed by atoms with Crippen LogP contribution >= 0.6 is 12.6 Å². The number of hydrogen-bond donors (Lipinski definition) is 2. The number of hydrogen-bond acceptors (Lipinski definition) is 6. The number of carbonyl (C=O) groups is 1. The lowest BCUT2D eigenvalue weighted by molar-refractivity contribution is -0.137. The van der Waals surface area contributed by atoms with Crippen LogP contribution < -0.4 is 15.0 Å². The molecule has 1 aliphatic rings. The van der Waals surface area contributed by atoms with E-state index < -0.39 is 23.8 Å². The van der Waals surface area contributed by atoms with Crippen LogP contribution in [-0.4, -0.2) is 13.0 Å². The molecule has 0 aliphatic carbocycles. The Morgan fingerprint density at radius 3 is 2.52 bits per heavy atom. The molecule has 0 spiro atoms. The quantitative estimate of drug-likeness (QED) is 0.507. The molecule has 0 fully saturated rings. The topological polar surface area (TPSA) is 78.5 Å². The molecular weight excluding hydrogens is 455 g/mol. The van der Waals surface area contributed by atoms with E-state index in [-0.39, 0.29) is 27.7 Å². The maximum absolute atomic E-state index is 13.1. The average molecular weight is 471 g/mol. The third-order valence-electron chi connectivity index (χ3n) is 5.04. The molecule has 0 radical (unpaired) electrons. The van der Waals surface area contributed by atoms with Gasteiger partial charge >= 0.3 is 6.18 Å². The van der Waals surface area contributed by atoms with Gasteiger partial charge in [-0.3, -0.25) is 4.79 Å². The molecule has 0 unspecified atom stereocenters. The molecule has 10 heteroatoms. The zero-order valence-electron chi connectivity index (χ0n) is 17.1. The van der Waals surface area contributed by atoms with Crippen molar-refractivity contribution in [2.45, 2.75) is 12.3 Å². The highest BCUT2D eigenvalue weighted by Crippen LogP contribution is 2.38. The molecule has 0 saturated carbocycles. The van der Waals surface area contributed by atoms with Crippen LogP contribution in [0, 0.1) is 11.3 Å². The molecule has 4 rings (SSSR count). The second kappa shape index (κ2) is 8.60. The summed E-state index contributed by atoms with van der Waals surface area (Å²) in [6, 6.07) is 16.5. The van der Waals surface area contributed by atoms with Gasteiger partial charge < -0.3 is 19.4 Å². The number of furan rings is 1. The lowest BCUT2D eigenvalue weighted by Gasteiger charge is -2.36. The Morgan fingerprint density at radius 1 is 1.15 bits per heavy atom. The van der Waals surface area contributed by atoms with Crippen molar-refractivity contribution in [3.8, 4) is 23.1 Å². The van der Waals surface area contributed by atoms with Gasteiger partial charge in [0.05, 0.1) is 17.7 Å². The maximum Gasteiger partial charge on any atom is 0.416 e. The summed E-state index contributed by atoms with van der Waals surface area (Å²) in [5, 5.41) is 12.2. The Bertz CT molecular complexity index is 1280. The molecule has 1 atom stereocenters. The normalized spacial score (nSPS) is 16.4. The first-order chi connectivity index (χ1) is 15.7. The van der Waals surface area contributed by atoms with Crippen LogP contribution in [0.4, 0.5) is 18.9 Å². The van der Waals surface area contributed by atoms with E-state index in [4.69, 9.17) is 9.15 Å². The first-order valence-electron chi connectivity index (χ1n) is 9.58. The van der Waals surface area contributed by atoms with Gasteiger partial charge in [0.15, 0.2) is 6.17 Å². The standard InChI is InChI=1S/C23H16F3N3O3S/c1-31-16-7-5-15(6-8-16)29-20(28-21(30)17(12-27)22(29)33)19-10-9-18(32-19)13-3-2-4-14(11-13)23(24,25)26/h2-11,20,33H,1H3,(H,28,30)/t20-/m0/s1. The molecule has 168 valence electrons. The van der Waals surface area contributed by atoms with Crippen LogP contribution in [0.1, 0.15) is 17.5 Å². The number of benzene rings is 2. The second-order valence-electron chi connectivity index (χ2n) is 7.04. The number of halogens is 3. The van der Waals surface area contributed by atoms with Crippen molar-refractivity contribution in [3.63, 3.8) is 0 Å². The van der Waals surface area contributed by atoms with Gasteiger partial charge in [-0.25, -0.2) is 0 Å². The highest BCUT2D eigenvalue weighted by atomic mass is 32.1. The molecule has 0 saturated heterocycles. The molecule has 1 aromatic heterocycles. The lowest BCUT2D eigenvalue weighted by Crippen LogP contribution is -2.45. The van der Waals surface area contributed by atoms with Crippen LogP contribution in [0.3, 0.4) is 0 Å². The van der Waals surface area contributed by atoms with Gasteiger partial charge in [0.25, 0.3) is 5.91 Å². The third kappa shape index (κ3) is 4.27. The molecule has 1 aliphatic heterocycles. The number of nitrogens with zero attached hydrogens (tertiary/aromatic N) is 2. The molecule has 1 N–H and O–H groups in total. The van der Waals surface area contributed by atoms with E-state index in [0.717, 1.165) is 12.1 Å². The summed E-state index contributed by atoms with van der Waals surface area (Å²) in [7, 11) is 1.52. The number of methoxy groups -OCH3 is 1. The summed E-state index contributed by atoms with van der Waals surface area (Å²) in [5.41, 5.74) is -0.179. The zero-order valence-corrected chi connectivity index (χ0v) is 17.9. The minimum Gasteiger partial charge on any atom is -0.497 e. The van der Waals surface area contributed by atoms with Crippen LogP contribution in [0.25, 0.3) is 11.3 Å². The summed E-state index contributed by atoms with van der Waals surface area (Å²) in [4.78, 5) is 14.1. The van der Waals surface area contributed by atoms with Crippen molar-refractivity contribution in [1.82, 2.24) is 5.32 Å². The SMILES string of the molecule is COc1ccc(N2C(S)=C(C#N)C(=O)N[C@@H]2c2ccc(-c3cccc(C(F)(F)F)c3)o2)cc1. The van der Waals surface area contributed by atoms with Crippen molar-refractivity contribution in [2.75, 3.05) is 12.0 Å². The molecule has 2 aromatic carbocycles. The van der Waals surface area contributed by atoms with Crippen LogP contribution in [0.2, 0.25) is 0 Å². The third-order valence-corrected chi connectivity index (χ3v) is 5.48. The minimum atomic E-state index is -4.49. The zero-order chi connectivity index (χ0) is 23.8. The van der Waals surface area contributed by atoms with E-state index in [1.54, 1.807) is 35.2 Å². The number of rotatable bonds is 4. The van der Waals surface area contributed by atoms with Crippen LogP contribution in [-0.2, 0) is 11.0 Å².